The second-order valence-corrected chi connectivity index (χ2v) is 33.7. The first-order chi connectivity index (χ1) is 46.3. The van der Waals surface area contributed by atoms with E-state index >= 15 is 0 Å². The molecule has 0 radical (unpaired) electrons. The molecule has 0 spiro atoms. The molecule has 0 saturated carbocycles. The molecule has 508 valence electrons. The summed E-state index contributed by atoms with van der Waals surface area (Å²) >= 11 is 0. The number of benzene rings is 8. The number of nitrogens with one attached hydrogen (secondary N) is 4. The van der Waals surface area contributed by atoms with Crippen LogP contribution in [0.3, 0.4) is 0 Å². The lowest BCUT2D eigenvalue weighted by atomic mass is 9.78. The van der Waals surface area contributed by atoms with Crippen molar-refractivity contribution in [2.75, 3.05) is 26.0 Å². The molecule has 0 fully saturated rings. The zero-order valence-corrected chi connectivity index (χ0v) is 58.0. The molecule has 0 unspecified atom stereocenters. The van der Waals surface area contributed by atoms with Gasteiger partial charge in [0.25, 0.3) is 23.6 Å². The predicted molar refractivity (Wildman–Crippen MR) is 376 cm³/mol. The number of anilines is 1. The summed E-state index contributed by atoms with van der Waals surface area (Å²) in [6.07, 6.45) is 2.95. The first-order valence-corrected chi connectivity index (χ1v) is 37.6. The number of amides is 4. The third-order valence-electron chi connectivity index (χ3n) is 16.2. The van der Waals surface area contributed by atoms with E-state index in [0.29, 0.717) is 30.2 Å². The predicted octanol–water partition coefficient (Wildman–Crippen LogP) is 14.2. The number of carbonyl (C=O) groups excluding carboxylic acids is 6. The Hall–Kier alpha value is -11.1. The van der Waals surface area contributed by atoms with Gasteiger partial charge < -0.3 is 55.3 Å². The summed E-state index contributed by atoms with van der Waals surface area (Å²) in [5.74, 6) is -6.80. The van der Waals surface area contributed by atoms with Crippen LogP contribution in [-0.4, -0.2) is 117 Å². The van der Waals surface area contributed by atoms with Crippen molar-refractivity contribution >= 4 is 81.4 Å². The molecule has 8 aromatic rings. The maximum absolute atomic E-state index is 13.4. The highest BCUT2D eigenvalue weighted by Gasteiger charge is 2.33. The second-order valence-electron chi connectivity index (χ2n) is 24.8. The molecule has 0 atom stereocenters. The highest BCUT2D eigenvalue weighted by Crippen LogP contribution is 2.36. The van der Waals surface area contributed by atoms with Gasteiger partial charge in [-0.25, -0.2) is 19.2 Å². The van der Waals surface area contributed by atoms with Gasteiger partial charge in [0.05, 0.1) is 44.5 Å². The Kier molecular flexibility index (Phi) is 24.6. The van der Waals surface area contributed by atoms with Gasteiger partial charge in [0.2, 0.25) is 0 Å². The summed E-state index contributed by atoms with van der Waals surface area (Å²) < 4.78 is 18.6. The molecule has 23 heteroatoms. The largest absolute Gasteiger partial charge is 0.478 e. The van der Waals surface area contributed by atoms with E-state index in [-0.39, 0.29) is 72.2 Å². The normalized spacial score (nSPS) is 11.2. The van der Waals surface area contributed by atoms with Gasteiger partial charge in [-0.1, -0.05) is 99.8 Å². The molecule has 8 rings (SSSR count). The summed E-state index contributed by atoms with van der Waals surface area (Å²) in [4.78, 5) is 125. The van der Waals surface area contributed by atoms with Crippen LogP contribution >= 0.6 is 0 Å². The molecule has 0 heterocycles. The van der Waals surface area contributed by atoms with Gasteiger partial charge in [0, 0.05) is 54.0 Å². The van der Waals surface area contributed by atoms with Gasteiger partial charge in [-0.15, -0.1) is 0 Å². The van der Waals surface area contributed by atoms with Crippen molar-refractivity contribution in [2.24, 2.45) is 0 Å². The number of carboxylic acid groups (broad SMARTS) is 4. The SMILES string of the molecule is CCCC[Si](C)(C)O[Si](C)(C)CCCNC(=O)c1cc(C(=O)c2ccc(C(=O)O)c(C(=O)NC)c2)ccc1C(=O)O.CNC(=O)c1cc(C(=O)c2ccc(C(=O)O)c(C(=O)Nc3ccc(Oc4ccc(C(C)(C)c5ccc(Oc6ccc(C)cc6)cc5)cc4)cc3)c2)ccc1C(=O)O. The van der Waals surface area contributed by atoms with Crippen molar-refractivity contribution in [1.82, 2.24) is 16.0 Å². The third kappa shape index (κ3) is 19.3. The van der Waals surface area contributed by atoms with E-state index in [1.165, 1.54) is 56.1 Å². The van der Waals surface area contributed by atoms with E-state index in [0.717, 1.165) is 84.0 Å². The smallest absolute Gasteiger partial charge is 0.336 e. The number of carbonyl (C=O) groups is 10. The lowest BCUT2D eigenvalue weighted by molar-refractivity contribution is 0.0682. The summed E-state index contributed by atoms with van der Waals surface area (Å²) in [7, 11) is -1.04. The van der Waals surface area contributed by atoms with Crippen LogP contribution in [0.2, 0.25) is 38.3 Å². The number of hydrogen-bond acceptors (Lipinski definition) is 13. The van der Waals surface area contributed by atoms with Gasteiger partial charge in [0.1, 0.15) is 23.0 Å². The summed E-state index contributed by atoms with van der Waals surface area (Å²) in [5.41, 5.74) is 1.30. The minimum absolute atomic E-state index is 0.0145. The van der Waals surface area contributed by atoms with Crippen molar-refractivity contribution in [3.8, 4) is 23.0 Å². The average molecular weight is 1360 g/mol. The first kappa shape index (κ1) is 74.3. The molecule has 8 N–H and O–H groups in total. The van der Waals surface area contributed by atoms with Crippen LogP contribution in [0.5, 0.6) is 23.0 Å². The Labute approximate surface area is 569 Å². The summed E-state index contributed by atoms with van der Waals surface area (Å²) in [5, 5.41) is 48.4. The van der Waals surface area contributed by atoms with Crippen LogP contribution in [0.1, 0.15) is 171 Å². The number of hydrogen-bond donors (Lipinski definition) is 8. The lowest BCUT2D eigenvalue weighted by Crippen LogP contribution is -2.44. The summed E-state index contributed by atoms with van der Waals surface area (Å²) in [6, 6.07) is 46.4. The van der Waals surface area contributed by atoms with E-state index in [1.807, 2.05) is 67.6 Å². The summed E-state index contributed by atoms with van der Waals surface area (Å²) in [6.45, 7) is 17.6. The van der Waals surface area contributed by atoms with E-state index in [9.17, 15) is 68.4 Å². The third-order valence-corrected chi connectivity index (χ3v) is 23.7. The first-order valence-electron chi connectivity index (χ1n) is 31.4. The molecular formula is C75H78N4O17Si2. The van der Waals surface area contributed by atoms with E-state index in [1.54, 1.807) is 24.3 Å². The maximum Gasteiger partial charge on any atom is 0.336 e. The number of aryl methyl sites for hydroxylation is 1. The zero-order valence-electron chi connectivity index (χ0n) is 56.0. The molecule has 0 aliphatic rings. The molecule has 98 heavy (non-hydrogen) atoms. The van der Waals surface area contributed by atoms with Gasteiger partial charge >= 0.3 is 23.9 Å². The molecular weight excluding hydrogens is 1290 g/mol. The van der Waals surface area contributed by atoms with Crippen LogP contribution in [-0.2, 0) is 9.53 Å². The zero-order chi connectivity index (χ0) is 71.8. The maximum atomic E-state index is 13.4. The highest BCUT2D eigenvalue weighted by atomic mass is 28.4. The van der Waals surface area contributed by atoms with Crippen LogP contribution in [0.4, 0.5) is 5.69 Å². The molecule has 0 aliphatic carbocycles. The van der Waals surface area contributed by atoms with E-state index in [4.69, 9.17) is 13.6 Å². The Bertz CT molecular complexity index is 4340. The van der Waals surface area contributed by atoms with Gasteiger partial charge in [0.15, 0.2) is 28.2 Å². The second kappa shape index (κ2) is 32.5. The molecule has 0 bridgehead atoms. The molecule has 0 aliphatic heterocycles. The number of carboxylic acids is 4. The van der Waals surface area contributed by atoms with Crippen LogP contribution in [0, 0.1) is 6.92 Å². The Morgan fingerprint density at radius 3 is 1.06 bits per heavy atom. The average Bonchev–Trinajstić information content (AvgIpc) is 0.808. The standard InChI is InChI=1S/C46H38N2O9.C29H40N2O8Si2/c1-27-5-15-33(16-6-27)56-34-17-9-30(10-18-34)46(2,3)31-11-19-35(20-12-31)57-36-21-13-32(14-22-36)48-43(51)40-26-29(8-24-38(40)45(54)55)41(49)28-7-23-37(44(52)53)39(25-28)42(50)47-4;1-7-8-15-40(3,4)39-41(5,6)16-9-14-31-27(34)24-18-20(11-13-22(24)29(37)38)25(32)19-10-12-21(28(35)36)23(17-19)26(33)30-2/h5-26H,1-4H3,(H,47,50)(H,48,51)(H,52,53)(H,54,55);10-13,17-18H,7-9,14-16H2,1-6H3,(H,30,33)(H,31,34)(H,35,36)(H,37,38). The van der Waals surface area contributed by atoms with Crippen LogP contribution in [0.15, 0.2) is 170 Å². The number of ether oxygens (including phenoxy) is 2. The quantitative estimate of drug-likeness (QED) is 0.0128. The molecule has 0 aromatic heterocycles. The number of unbranched alkanes of at least 4 members (excludes halogenated alkanes) is 1. The van der Waals surface area contributed by atoms with Crippen molar-refractivity contribution in [3.05, 3.63) is 253 Å². The highest BCUT2D eigenvalue weighted by molar-refractivity contribution is 6.84. The topological polar surface area (TPSA) is 327 Å². The molecule has 0 saturated heterocycles. The van der Waals surface area contributed by atoms with Crippen LogP contribution < -0.4 is 30.7 Å². The minimum Gasteiger partial charge on any atom is -0.478 e. The van der Waals surface area contributed by atoms with Gasteiger partial charge in [-0.2, -0.15) is 0 Å². The fraction of sp³-hybridized carbons (Fsp3) is 0.227. The van der Waals surface area contributed by atoms with Crippen molar-refractivity contribution in [2.45, 2.75) is 90.6 Å². The fourth-order valence-corrected chi connectivity index (χ4v) is 19.9. The Morgan fingerprint density at radius 2 is 0.724 bits per heavy atom. The monoisotopic (exact) mass is 1360 g/mol. The Balaban J connectivity index is 0.000000292. The van der Waals surface area contributed by atoms with Gasteiger partial charge in [-0.3, -0.25) is 28.8 Å². The number of ketones is 2. The number of aromatic carboxylic acids is 4. The molecule has 8 aromatic carbocycles. The lowest BCUT2D eigenvalue weighted by Gasteiger charge is -2.34. The van der Waals surface area contributed by atoms with E-state index < -0.39 is 75.7 Å². The Morgan fingerprint density at radius 1 is 0.408 bits per heavy atom. The molecule has 4 amide bonds. The van der Waals surface area contributed by atoms with Crippen LogP contribution in [0.25, 0.3) is 0 Å². The van der Waals surface area contributed by atoms with Crippen molar-refractivity contribution < 1.29 is 82.0 Å². The van der Waals surface area contributed by atoms with Crippen molar-refractivity contribution in [3.63, 3.8) is 0 Å². The number of rotatable bonds is 28. The molecule has 21 nitrogen and oxygen atoms in total. The van der Waals surface area contributed by atoms with E-state index in [2.05, 4.69) is 80.4 Å². The van der Waals surface area contributed by atoms with Crippen molar-refractivity contribution in [1.29, 1.82) is 0 Å². The van der Waals surface area contributed by atoms with Gasteiger partial charge in [-0.05, 0) is 172 Å². The fourth-order valence-electron chi connectivity index (χ4n) is 10.8. The minimum atomic E-state index is -1.95.